The highest BCUT2D eigenvalue weighted by molar-refractivity contribution is 6.51. The number of Topliss-reactive ketones (excluding diaryl/α,β-unsaturated/α-hetero) is 1. The molecule has 0 bridgehead atoms. The fourth-order valence-corrected chi connectivity index (χ4v) is 5.29. The zero-order valence-corrected chi connectivity index (χ0v) is 20.3. The fraction of sp³-hybridized carbons (Fsp3) is 0.267. The molecule has 1 fully saturated rings. The molecule has 0 radical (unpaired) electrons. The molecule has 1 saturated heterocycles. The van der Waals surface area contributed by atoms with Gasteiger partial charge in [0.05, 0.1) is 18.7 Å². The minimum absolute atomic E-state index is 0.107. The van der Waals surface area contributed by atoms with Gasteiger partial charge in [-0.25, -0.2) is 0 Å². The highest BCUT2D eigenvalue weighted by atomic mass is 16.5. The molecule has 2 aliphatic rings. The lowest BCUT2D eigenvalue weighted by atomic mass is 9.88. The molecule has 3 aromatic carbocycles. The zero-order valence-electron chi connectivity index (χ0n) is 20.3. The smallest absolute Gasteiger partial charge is 0.300 e. The van der Waals surface area contributed by atoms with E-state index in [0.717, 1.165) is 42.4 Å². The summed E-state index contributed by atoms with van der Waals surface area (Å²) in [5.41, 5.74) is 6.50. The number of anilines is 1. The van der Waals surface area contributed by atoms with Crippen LogP contribution in [0.4, 0.5) is 5.69 Å². The Bertz CT molecular complexity index is 1350. The summed E-state index contributed by atoms with van der Waals surface area (Å²) in [6, 6.07) is 18.2. The minimum Gasteiger partial charge on any atom is -0.507 e. The molecule has 1 aliphatic heterocycles. The van der Waals surface area contributed by atoms with Gasteiger partial charge in [-0.05, 0) is 86.1 Å². The molecule has 178 valence electrons. The Morgan fingerprint density at radius 3 is 2.31 bits per heavy atom. The van der Waals surface area contributed by atoms with Gasteiger partial charge in [-0.1, -0.05) is 42.0 Å². The fourth-order valence-electron chi connectivity index (χ4n) is 5.29. The number of hydrogen-bond acceptors (Lipinski definition) is 4. The van der Waals surface area contributed by atoms with E-state index in [9.17, 15) is 14.7 Å². The predicted molar refractivity (Wildman–Crippen MR) is 137 cm³/mol. The quantitative estimate of drug-likeness (QED) is 0.298. The van der Waals surface area contributed by atoms with Gasteiger partial charge in [0.25, 0.3) is 11.7 Å². The number of ketones is 1. The minimum atomic E-state index is -0.752. The van der Waals surface area contributed by atoms with Gasteiger partial charge in [0.15, 0.2) is 0 Å². The molecule has 1 heterocycles. The molecule has 3 aromatic rings. The summed E-state index contributed by atoms with van der Waals surface area (Å²) in [6.07, 6.45) is 4.26. The summed E-state index contributed by atoms with van der Waals surface area (Å²) in [7, 11) is 1.59. The van der Waals surface area contributed by atoms with Gasteiger partial charge in [0.2, 0.25) is 0 Å². The summed E-state index contributed by atoms with van der Waals surface area (Å²) >= 11 is 0. The number of hydrogen-bond donors (Lipinski definition) is 1. The highest BCUT2D eigenvalue weighted by Gasteiger charge is 2.47. The number of amides is 1. The number of rotatable bonds is 4. The van der Waals surface area contributed by atoms with E-state index in [1.807, 2.05) is 62.4 Å². The first-order valence-electron chi connectivity index (χ1n) is 12.0. The molecule has 5 rings (SSSR count). The van der Waals surface area contributed by atoms with Crippen molar-refractivity contribution < 1.29 is 19.4 Å². The molecule has 1 N–H and O–H groups in total. The van der Waals surface area contributed by atoms with Gasteiger partial charge in [-0.15, -0.1) is 0 Å². The third-order valence-corrected chi connectivity index (χ3v) is 7.11. The molecule has 0 saturated carbocycles. The Morgan fingerprint density at radius 1 is 0.914 bits per heavy atom. The zero-order chi connectivity index (χ0) is 24.7. The second-order valence-corrected chi connectivity index (χ2v) is 9.42. The van der Waals surface area contributed by atoms with Crippen LogP contribution in [0.15, 0.2) is 66.2 Å². The second-order valence-electron chi connectivity index (χ2n) is 9.42. The number of nitrogens with zero attached hydrogens (tertiary/aromatic N) is 1. The maximum atomic E-state index is 13.4. The average molecular weight is 468 g/mol. The van der Waals surface area contributed by atoms with Crippen molar-refractivity contribution in [1.29, 1.82) is 0 Å². The SMILES string of the molecule is COc1ccc(C2/C(=C(/O)c3ccc4c(c3)CCCC4)C(=O)C(=O)N2c2ccc(C)cc2C)cc1. The molecule has 1 amide bonds. The summed E-state index contributed by atoms with van der Waals surface area (Å²) in [6.45, 7) is 3.91. The number of fused-ring (bicyclic) bond motifs is 1. The van der Waals surface area contributed by atoms with E-state index >= 15 is 0 Å². The van der Waals surface area contributed by atoms with Crippen molar-refractivity contribution in [3.8, 4) is 5.75 Å². The molecular formula is C30H29NO4. The van der Waals surface area contributed by atoms with Crippen LogP contribution in [0.5, 0.6) is 5.75 Å². The Labute approximate surface area is 205 Å². The first-order chi connectivity index (χ1) is 16.9. The van der Waals surface area contributed by atoms with Gasteiger partial charge in [-0.3, -0.25) is 14.5 Å². The third kappa shape index (κ3) is 4.01. The molecule has 1 unspecified atom stereocenters. The van der Waals surface area contributed by atoms with Crippen molar-refractivity contribution in [2.45, 2.75) is 45.6 Å². The van der Waals surface area contributed by atoms with Crippen molar-refractivity contribution in [3.63, 3.8) is 0 Å². The van der Waals surface area contributed by atoms with Crippen LogP contribution >= 0.6 is 0 Å². The summed E-state index contributed by atoms with van der Waals surface area (Å²) in [4.78, 5) is 28.4. The van der Waals surface area contributed by atoms with E-state index in [1.54, 1.807) is 19.2 Å². The van der Waals surface area contributed by atoms with E-state index < -0.39 is 17.7 Å². The van der Waals surface area contributed by atoms with E-state index in [2.05, 4.69) is 0 Å². The molecule has 0 spiro atoms. The number of carbonyl (C=O) groups is 2. The molecular weight excluding hydrogens is 438 g/mol. The van der Waals surface area contributed by atoms with Crippen LogP contribution in [-0.4, -0.2) is 23.9 Å². The maximum Gasteiger partial charge on any atom is 0.300 e. The lowest BCUT2D eigenvalue weighted by molar-refractivity contribution is -0.132. The van der Waals surface area contributed by atoms with Gasteiger partial charge in [-0.2, -0.15) is 0 Å². The van der Waals surface area contributed by atoms with Crippen LogP contribution < -0.4 is 9.64 Å². The molecule has 35 heavy (non-hydrogen) atoms. The van der Waals surface area contributed by atoms with Crippen LogP contribution in [0.25, 0.3) is 5.76 Å². The monoisotopic (exact) mass is 467 g/mol. The van der Waals surface area contributed by atoms with Crippen LogP contribution in [-0.2, 0) is 22.4 Å². The van der Waals surface area contributed by atoms with Gasteiger partial charge >= 0.3 is 0 Å². The first-order valence-corrected chi connectivity index (χ1v) is 12.0. The predicted octanol–water partition coefficient (Wildman–Crippen LogP) is 5.82. The number of aryl methyl sites for hydroxylation is 4. The van der Waals surface area contributed by atoms with Crippen molar-refractivity contribution >= 4 is 23.1 Å². The van der Waals surface area contributed by atoms with Crippen molar-refractivity contribution in [1.82, 2.24) is 0 Å². The lowest BCUT2D eigenvalue weighted by Gasteiger charge is -2.27. The van der Waals surface area contributed by atoms with E-state index in [0.29, 0.717) is 17.0 Å². The number of aliphatic hydroxyl groups is 1. The molecule has 1 aliphatic carbocycles. The Kier molecular flexibility index (Phi) is 5.93. The lowest BCUT2D eigenvalue weighted by Crippen LogP contribution is -2.30. The number of aliphatic hydroxyl groups excluding tert-OH is 1. The van der Waals surface area contributed by atoms with Crippen LogP contribution in [0.2, 0.25) is 0 Å². The molecule has 1 atom stereocenters. The summed E-state index contributed by atoms with van der Waals surface area (Å²) in [5, 5.41) is 11.5. The van der Waals surface area contributed by atoms with Crippen LogP contribution in [0, 0.1) is 13.8 Å². The Balaban J connectivity index is 1.70. The van der Waals surface area contributed by atoms with E-state index in [4.69, 9.17) is 4.74 Å². The third-order valence-electron chi connectivity index (χ3n) is 7.11. The number of ether oxygens (including phenoxy) is 1. The Morgan fingerprint density at radius 2 is 1.63 bits per heavy atom. The average Bonchev–Trinajstić information content (AvgIpc) is 3.13. The van der Waals surface area contributed by atoms with Crippen molar-refractivity contribution in [2.24, 2.45) is 0 Å². The normalized spacial score (nSPS) is 19.1. The van der Waals surface area contributed by atoms with E-state index in [-0.39, 0.29) is 11.3 Å². The standard InChI is InChI=1S/C30H29NO4/c1-18-8-15-25(19(2)16-18)31-27(21-11-13-24(35-3)14-12-21)26(29(33)30(31)34)28(32)23-10-9-20-6-4-5-7-22(20)17-23/h8-17,27,32H,4-7H2,1-3H3/b28-26-. The topological polar surface area (TPSA) is 66.8 Å². The molecule has 0 aromatic heterocycles. The summed E-state index contributed by atoms with van der Waals surface area (Å²) in [5.74, 6) is -0.782. The van der Waals surface area contributed by atoms with Crippen molar-refractivity contribution in [2.75, 3.05) is 12.0 Å². The van der Waals surface area contributed by atoms with Crippen LogP contribution in [0.1, 0.15) is 52.3 Å². The molecule has 5 heteroatoms. The second kappa shape index (κ2) is 9.06. The number of benzene rings is 3. The van der Waals surface area contributed by atoms with Gasteiger partial charge in [0, 0.05) is 11.3 Å². The van der Waals surface area contributed by atoms with E-state index in [1.165, 1.54) is 16.0 Å². The number of carbonyl (C=O) groups excluding carboxylic acids is 2. The van der Waals surface area contributed by atoms with Crippen LogP contribution in [0.3, 0.4) is 0 Å². The van der Waals surface area contributed by atoms with Crippen molar-refractivity contribution in [3.05, 3.63) is 99.6 Å². The molecule has 5 nitrogen and oxygen atoms in total. The van der Waals surface area contributed by atoms with Gasteiger partial charge < -0.3 is 9.84 Å². The Hall–Kier alpha value is -3.86. The first kappa shape index (κ1) is 22.9. The number of methoxy groups -OCH3 is 1. The highest BCUT2D eigenvalue weighted by Crippen LogP contribution is 2.43. The largest absolute Gasteiger partial charge is 0.507 e. The van der Waals surface area contributed by atoms with Gasteiger partial charge in [0.1, 0.15) is 11.5 Å². The maximum absolute atomic E-state index is 13.4. The summed E-state index contributed by atoms with van der Waals surface area (Å²) < 4.78 is 5.31.